The first-order valence-corrected chi connectivity index (χ1v) is 9.65. The van der Waals surface area contributed by atoms with Crippen LogP contribution in [0.1, 0.15) is 37.8 Å². The number of aliphatic hydroxyl groups is 2. The first kappa shape index (κ1) is 21.7. The third-order valence-corrected chi connectivity index (χ3v) is 4.80. The Bertz CT molecular complexity index is 815. The van der Waals surface area contributed by atoms with Gasteiger partial charge in [0.2, 0.25) is 0 Å². The van der Waals surface area contributed by atoms with Gasteiger partial charge in [-0.3, -0.25) is 0 Å². The molecule has 0 fully saturated rings. The van der Waals surface area contributed by atoms with Crippen LogP contribution in [0.15, 0.2) is 78.4 Å². The topological polar surface area (TPSA) is 60.7 Å². The fraction of sp³-hybridized carbons (Fsp3) is 0.280. The summed E-state index contributed by atoms with van der Waals surface area (Å²) in [5, 5.41) is 29.6. The molecule has 2 rings (SSSR count). The van der Waals surface area contributed by atoms with Crippen LogP contribution in [-0.4, -0.2) is 28.0 Å². The fourth-order valence-corrected chi connectivity index (χ4v) is 3.08. The van der Waals surface area contributed by atoms with E-state index in [0.29, 0.717) is 12.8 Å². The van der Waals surface area contributed by atoms with Crippen LogP contribution >= 0.6 is 0 Å². The molecule has 148 valence electrons. The number of hydrogen-bond acceptors (Lipinski definition) is 3. The van der Waals surface area contributed by atoms with Gasteiger partial charge < -0.3 is 15.3 Å². The van der Waals surface area contributed by atoms with Crippen LogP contribution in [0.25, 0.3) is 11.6 Å². The molecule has 3 N–H and O–H groups in total. The average molecular weight is 379 g/mol. The Morgan fingerprint density at radius 3 is 2.25 bits per heavy atom. The Kier molecular flexibility index (Phi) is 8.24. The van der Waals surface area contributed by atoms with Crippen LogP contribution in [0.3, 0.4) is 0 Å². The minimum atomic E-state index is -0.686. The molecule has 2 aromatic rings. The van der Waals surface area contributed by atoms with Gasteiger partial charge in [0.1, 0.15) is 5.75 Å². The van der Waals surface area contributed by atoms with E-state index in [2.05, 4.69) is 24.8 Å². The quantitative estimate of drug-likeness (QED) is 0.415. The van der Waals surface area contributed by atoms with Crippen molar-refractivity contribution >= 4 is 11.6 Å². The minimum Gasteiger partial charge on any atom is -0.508 e. The maximum Gasteiger partial charge on any atom is 0.115 e. The molecule has 1 atom stereocenters. The summed E-state index contributed by atoms with van der Waals surface area (Å²) in [5.41, 5.74) is 4.76. The summed E-state index contributed by atoms with van der Waals surface area (Å²) in [6.45, 7) is 8.02. The predicted octanol–water partition coefficient (Wildman–Crippen LogP) is 5.20. The number of allylic oxidation sites excluding steroid dienone is 1. The molecule has 0 saturated heterocycles. The van der Waals surface area contributed by atoms with Crippen LogP contribution in [-0.2, 0) is 0 Å². The minimum absolute atomic E-state index is 0.118. The smallest absolute Gasteiger partial charge is 0.115 e. The molecule has 0 aliphatic heterocycles. The first-order chi connectivity index (χ1) is 13.4. The second-order valence-electron chi connectivity index (χ2n) is 7.20. The zero-order chi connectivity index (χ0) is 20.5. The van der Waals surface area contributed by atoms with Crippen molar-refractivity contribution in [3.63, 3.8) is 0 Å². The molecule has 2 aromatic carbocycles. The molecule has 1 unspecified atom stereocenters. The molecule has 0 aromatic heterocycles. The zero-order valence-corrected chi connectivity index (χ0v) is 16.7. The maximum atomic E-state index is 10.8. The van der Waals surface area contributed by atoms with Crippen LogP contribution in [0.5, 0.6) is 5.75 Å². The van der Waals surface area contributed by atoms with Crippen LogP contribution in [0.4, 0.5) is 0 Å². The molecule has 0 saturated carbocycles. The van der Waals surface area contributed by atoms with E-state index in [9.17, 15) is 15.3 Å². The molecule has 0 bridgehead atoms. The lowest BCUT2D eigenvalue weighted by molar-refractivity contribution is 0.201. The Labute approximate surface area is 168 Å². The number of aromatic hydroxyl groups is 1. The van der Waals surface area contributed by atoms with Crippen molar-refractivity contribution in [1.82, 2.24) is 0 Å². The van der Waals surface area contributed by atoms with Gasteiger partial charge in [0.05, 0.1) is 12.7 Å². The summed E-state index contributed by atoms with van der Waals surface area (Å²) in [7, 11) is 0. The lowest BCUT2D eigenvalue weighted by atomic mass is 9.89. The molecular weight excluding hydrogens is 348 g/mol. The Hall–Kier alpha value is -2.62. The number of benzene rings is 2. The van der Waals surface area contributed by atoms with Crippen LogP contribution < -0.4 is 0 Å². The summed E-state index contributed by atoms with van der Waals surface area (Å²) in [5.74, 6) is 0.438. The van der Waals surface area contributed by atoms with E-state index in [0.717, 1.165) is 27.8 Å². The first-order valence-electron chi connectivity index (χ1n) is 9.65. The Morgan fingerprint density at radius 2 is 1.68 bits per heavy atom. The van der Waals surface area contributed by atoms with Gasteiger partial charge in [-0.25, -0.2) is 0 Å². The van der Waals surface area contributed by atoms with E-state index in [1.807, 2.05) is 44.2 Å². The van der Waals surface area contributed by atoms with E-state index in [1.165, 1.54) is 0 Å². The SMILES string of the molecule is C=C(/C(=C/CO)C(O)CC/C(=C/c1ccc(O)cc1)c1ccccc1)C(C)C. The van der Waals surface area contributed by atoms with E-state index in [-0.39, 0.29) is 18.3 Å². The lowest BCUT2D eigenvalue weighted by Gasteiger charge is -2.20. The van der Waals surface area contributed by atoms with Gasteiger partial charge in [-0.2, -0.15) is 0 Å². The molecule has 0 aliphatic rings. The molecule has 0 amide bonds. The van der Waals surface area contributed by atoms with E-state index in [4.69, 9.17) is 0 Å². The molecule has 0 spiro atoms. The van der Waals surface area contributed by atoms with Gasteiger partial charge in [0.15, 0.2) is 0 Å². The van der Waals surface area contributed by atoms with E-state index < -0.39 is 6.10 Å². The van der Waals surface area contributed by atoms with Crippen LogP contribution in [0.2, 0.25) is 0 Å². The zero-order valence-electron chi connectivity index (χ0n) is 16.7. The second kappa shape index (κ2) is 10.6. The van der Waals surface area contributed by atoms with Gasteiger partial charge in [-0.15, -0.1) is 0 Å². The number of phenolic OH excluding ortho intramolecular Hbond substituents is 1. The van der Waals surface area contributed by atoms with Gasteiger partial charge in [0.25, 0.3) is 0 Å². The van der Waals surface area contributed by atoms with E-state index >= 15 is 0 Å². The summed E-state index contributed by atoms with van der Waals surface area (Å²) in [6.07, 6.45) is 4.23. The number of rotatable bonds is 9. The predicted molar refractivity (Wildman–Crippen MR) is 117 cm³/mol. The highest BCUT2D eigenvalue weighted by Gasteiger charge is 2.17. The number of phenols is 1. The average Bonchev–Trinajstić information content (AvgIpc) is 2.70. The largest absolute Gasteiger partial charge is 0.508 e. The molecule has 3 heteroatoms. The summed E-state index contributed by atoms with van der Waals surface area (Å²) < 4.78 is 0. The van der Waals surface area contributed by atoms with Crippen molar-refractivity contribution in [3.8, 4) is 5.75 Å². The maximum absolute atomic E-state index is 10.8. The third kappa shape index (κ3) is 6.22. The van der Waals surface area contributed by atoms with Crippen molar-refractivity contribution in [1.29, 1.82) is 0 Å². The van der Waals surface area contributed by atoms with Crippen molar-refractivity contribution in [3.05, 3.63) is 89.5 Å². The molecule has 0 aliphatic carbocycles. The molecule has 0 radical (unpaired) electrons. The summed E-state index contributed by atoms with van der Waals surface area (Å²) >= 11 is 0. The Balaban J connectivity index is 2.24. The van der Waals surface area contributed by atoms with Crippen LogP contribution in [0, 0.1) is 5.92 Å². The van der Waals surface area contributed by atoms with Gasteiger partial charge in [0, 0.05) is 0 Å². The summed E-state index contributed by atoms with van der Waals surface area (Å²) in [6, 6.07) is 17.1. The highest BCUT2D eigenvalue weighted by atomic mass is 16.3. The molecule has 3 nitrogen and oxygen atoms in total. The summed E-state index contributed by atoms with van der Waals surface area (Å²) in [4.78, 5) is 0. The van der Waals surface area contributed by atoms with Crippen molar-refractivity contribution in [2.24, 2.45) is 5.92 Å². The van der Waals surface area contributed by atoms with Gasteiger partial charge in [-0.05, 0) is 58.7 Å². The molecule has 28 heavy (non-hydrogen) atoms. The van der Waals surface area contributed by atoms with Crippen molar-refractivity contribution in [2.45, 2.75) is 32.8 Å². The second-order valence-corrected chi connectivity index (χ2v) is 7.20. The molecule has 0 heterocycles. The van der Waals surface area contributed by atoms with Gasteiger partial charge >= 0.3 is 0 Å². The number of hydrogen-bond donors (Lipinski definition) is 3. The van der Waals surface area contributed by atoms with Crippen molar-refractivity contribution in [2.75, 3.05) is 6.61 Å². The molecular formula is C25H30O3. The highest BCUT2D eigenvalue weighted by Crippen LogP contribution is 2.28. The fourth-order valence-electron chi connectivity index (χ4n) is 3.08. The lowest BCUT2D eigenvalue weighted by Crippen LogP contribution is -2.15. The third-order valence-electron chi connectivity index (χ3n) is 4.80. The van der Waals surface area contributed by atoms with Crippen molar-refractivity contribution < 1.29 is 15.3 Å². The van der Waals surface area contributed by atoms with E-state index in [1.54, 1.807) is 18.2 Å². The monoisotopic (exact) mass is 378 g/mol. The standard InChI is InChI=1S/C25H30O3/c1-18(2)19(3)24(15-16-26)25(28)14-11-22(21-7-5-4-6-8-21)17-20-9-12-23(27)13-10-20/h4-10,12-13,15,17-18,25-28H,3,11,14,16H2,1-2H3/b22-17-,24-15-. The number of aliphatic hydroxyl groups excluding tert-OH is 2. The normalized spacial score (nSPS) is 13.6. The Morgan fingerprint density at radius 1 is 1.04 bits per heavy atom. The van der Waals surface area contributed by atoms with Gasteiger partial charge in [-0.1, -0.05) is 75.0 Å². The highest BCUT2D eigenvalue weighted by molar-refractivity contribution is 5.81.